The highest BCUT2D eigenvalue weighted by molar-refractivity contribution is 8.76. The van der Waals surface area contributed by atoms with Crippen LogP contribution in [0.25, 0.3) is 11.2 Å². The molecule has 1 saturated heterocycles. The summed E-state index contributed by atoms with van der Waals surface area (Å²) >= 11 is 0. The maximum Gasteiger partial charge on any atom is 0.469 e. The van der Waals surface area contributed by atoms with Crippen molar-refractivity contribution in [3.8, 4) is 0 Å². The summed E-state index contributed by atoms with van der Waals surface area (Å²) in [4.78, 5) is 131. The minimum atomic E-state index is -4.74. The van der Waals surface area contributed by atoms with Crippen LogP contribution in [0.3, 0.4) is 0 Å². The van der Waals surface area contributed by atoms with Gasteiger partial charge in [-0.05, 0) is 12.8 Å². The van der Waals surface area contributed by atoms with E-state index in [1.165, 1.54) is 10.9 Å². The molecule has 1 aliphatic rings. The number of nitrogens with zero attached hydrogens (tertiary/aromatic N) is 3. The van der Waals surface area contributed by atoms with Crippen molar-refractivity contribution in [3.05, 3.63) is 23.0 Å². The molecule has 0 spiro atoms. The second-order valence-corrected chi connectivity index (χ2v) is 16.7. The van der Waals surface area contributed by atoms with Gasteiger partial charge in [-0.25, -0.2) is 14.5 Å². The van der Waals surface area contributed by atoms with Gasteiger partial charge in [0.2, 0.25) is 23.6 Å². The quantitative estimate of drug-likeness (QED) is 0.0250. The first-order valence-electron chi connectivity index (χ1n) is 17.8. The monoisotopic (exact) mass is 960 g/mol. The molecule has 17 N–H and O–H groups in total. The number of imidazole rings is 1. The number of H-pyrrole nitrogens is 1. The number of carbonyl (C=O) groups excluding carboxylic acids is 4. The molecule has 3 heterocycles. The van der Waals surface area contributed by atoms with E-state index >= 15 is 0 Å². The molecule has 2 aromatic rings. The van der Waals surface area contributed by atoms with Crippen LogP contribution in [-0.2, 0) is 52.2 Å². The molecule has 33 heteroatoms. The van der Waals surface area contributed by atoms with Crippen molar-refractivity contribution in [2.45, 2.75) is 74.4 Å². The molecule has 352 valence electrons. The van der Waals surface area contributed by atoms with Gasteiger partial charge in [0.1, 0.15) is 55.6 Å². The number of aromatic amines is 1. The Balaban J connectivity index is 0.000000495. The first-order chi connectivity index (χ1) is 29.4. The fraction of sp³-hybridized carbons (Fsp3) is 0.567. The second-order valence-electron chi connectivity index (χ2n) is 12.9. The van der Waals surface area contributed by atoms with Crippen LogP contribution in [0.1, 0.15) is 31.9 Å². The van der Waals surface area contributed by atoms with Crippen LogP contribution in [0.15, 0.2) is 17.4 Å². The van der Waals surface area contributed by atoms with E-state index in [0.29, 0.717) is 0 Å². The number of fused-ring (bicyclic) bond motifs is 1. The number of aliphatic carboxylic acids is 4. The zero-order valence-electron chi connectivity index (χ0n) is 32.4. The fourth-order valence-corrected chi connectivity index (χ4v) is 7.51. The molecule has 30 nitrogen and oxygen atoms in total. The predicted octanol–water partition coefficient (Wildman–Crippen LogP) is -6.03. The molecule has 0 aromatic carbocycles. The number of ether oxygens (including phenoxy) is 1. The van der Waals surface area contributed by atoms with Crippen molar-refractivity contribution >= 4 is 88.1 Å². The SMILES string of the molecule is NC(CCC(=O)NC(CSSCC(NC(=O)CCC(N)C(=O)O)C(=O)NCC(=O)O)C(=O)NCC(=O)O)C(=O)O.O=c1[nH]cnc2c1ncn2C1O[C@@H](COP(=O)(O)O)[C@H](O)[C@@H]1O. The summed E-state index contributed by atoms with van der Waals surface area (Å²) in [5.74, 6) is -8.81. The predicted molar refractivity (Wildman–Crippen MR) is 212 cm³/mol. The van der Waals surface area contributed by atoms with Crippen molar-refractivity contribution in [2.24, 2.45) is 11.5 Å². The summed E-state index contributed by atoms with van der Waals surface area (Å²) in [5.41, 5.74) is 10.4. The van der Waals surface area contributed by atoms with Crippen LogP contribution in [0, 0.1) is 0 Å². The lowest BCUT2D eigenvalue weighted by Gasteiger charge is -2.20. The Morgan fingerprint density at radius 1 is 0.825 bits per heavy atom. The number of carbonyl (C=O) groups is 8. The van der Waals surface area contributed by atoms with Gasteiger partial charge < -0.3 is 82.9 Å². The number of phosphoric acid groups is 1. The van der Waals surface area contributed by atoms with E-state index in [-0.39, 0.29) is 48.4 Å². The van der Waals surface area contributed by atoms with E-state index in [0.717, 1.165) is 27.9 Å². The molecule has 4 amide bonds. The minimum absolute atomic E-state index is 0.0210. The molecule has 0 aliphatic carbocycles. The van der Waals surface area contributed by atoms with Gasteiger partial charge in [-0.15, -0.1) is 0 Å². The van der Waals surface area contributed by atoms with Crippen molar-refractivity contribution in [1.82, 2.24) is 40.8 Å². The zero-order chi connectivity index (χ0) is 47.6. The van der Waals surface area contributed by atoms with Crippen molar-refractivity contribution in [3.63, 3.8) is 0 Å². The molecule has 1 fully saturated rings. The molecule has 1 aliphatic heterocycles. The van der Waals surface area contributed by atoms with E-state index in [2.05, 4.69) is 40.7 Å². The first kappa shape index (κ1) is 53.9. The third kappa shape index (κ3) is 18.9. The van der Waals surface area contributed by atoms with Gasteiger partial charge in [-0.1, -0.05) is 21.6 Å². The Kier molecular flexibility index (Phi) is 22.0. The largest absolute Gasteiger partial charge is 0.480 e. The Morgan fingerprint density at radius 3 is 1.73 bits per heavy atom. The van der Waals surface area contributed by atoms with Gasteiger partial charge in [0.05, 0.1) is 19.3 Å². The van der Waals surface area contributed by atoms with Crippen molar-refractivity contribution < 1.29 is 92.6 Å². The van der Waals surface area contributed by atoms with Crippen LogP contribution in [0.2, 0.25) is 0 Å². The topological polar surface area (TPSA) is 498 Å². The lowest BCUT2D eigenvalue weighted by atomic mass is 10.1. The number of hydrogen-bond acceptors (Lipinski definition) is 20. The molecule has 0 bridgehead atoms. The van der Waals surface area contributed by atoms with Crippen LogP contribution >= 0.6 is 29.4 Å². The van der Waals surface area contributed by atoms with Crippen molar-refractivity contribution in [1.29, 1.82) is 0 Å². The molecule has 0 saturated carbocycles. The number of aliphatic hydroxyl groups is 2. The third-order valence-electron chi connectivity index (χ3n) is 8.07. The van der Waals surface area contributed by atoms with E-state index in [4.69, 9.17) is 46.4 Å². The summed E-state index contributed by atoms with van der Waals surface area (Å²) in [7, 11) is -2.85. The minimum Gasteiger partial charge on any atom is -0.480 e. The van der Waals surface area contributed by atoms with Crippen LogP contribution in [0.4, 0.5) is 0 Å². The standard InChI is InChI=1S/C20H32N6O12S2.C10H13N4O8P/c21-9(19(35)36)1-3-13(27)25-11(17(33)23-5-15(29)30)7-39-40-8-12(18(34)24-6-16(31)32)26-14(28)4-2-10(22)20(37)38;15-6-4(1-21-23(18,19)20)22-10(7(6)16)14-3-13-5-8(14)11-2-12-9(5)17/h9-12H,1-8,21-22H2,(H,23,33)(H,24,34)(H,25,27)(H,26,28)(H,29,30)(H,31,32)(H,35,36)(H,37,38);2-4,6-7,10,15-16H,1H2,(H,11,12,17)(H2,18,19,20)/t;4-,6-,7-,10?/m.0/s1. The van der Waals surface area contributed by atoms with Gasteiger partial charge >= 0.3 is 31.7 Å². The summed E-state index contributed by atoms with van der Waals surface area (Å²) in [6.07, 6.45) is -3.97. The Hall–Kier alpha value is -5.28. The van der Waals surface area contributed by atoms with Crippen LogP contribution in [-0.4, -0.2) is 181 Å². The maximum atomic E-state index is 12.4. The van der Waals surface area contributed by atoms with Crippen molar-refractivity contribution in [2.75, 3.05) is 31.2 Å². The average Bonchev–Trinajstić information content (AvgIpc) is 3.76. The van der Waals surface area contributed by atoms with Gasteiger partial charge in [0, 0.05) is 24.3 Å². The molecule has 0 radical (unpaired) electrons. The molecule has 5 unspecified atom stereocenters. The summed E-state index contributed by atoms with van der Waals surface area (Å²) in [6.45, 7) is -2.10. The van der Waals surface area contributed by atoms with E-state index in [1.54, 1.807) is 0 Å². The van der Waals surface area contributed by atoms with Gasteiger partial charge in [-0.2, -0.15) is 0 Å². The highest BCUT2D eigenvalue weighted by atomic mass is 33.1. The van der Waals surface area contributed by atoms with Crippen LogP contribution in [0.5, 0.6) is 0 Å². The zero-order valence-corrected chi connectivity index (χ0v) is 34.9. The molecular formula is C30H45N10O20PS2. The number of aliphatic hydroxyl groups excluding tert-OH is 2. The second kappa shape index (κ2) is 25.7. The summed E-state index contributed by atoms with van der Waals surface area (Å²) in [6, 6.07) is -5.16. The number of carboxylic acid groups (broad SMARTS) is 4. The normalized spacial score (nSPS) is 19.0. The number of amides is 4. The first-order valence-corrected chi connectivity index (χ1v) is 21.8. The number of rotatable bonds is 25. The highest BCUT2D eigenvalue weighted by Crippen LogP contribution is 2.38. The number of carboxylic acids is 4. The maximum absolute atomic E-state index is 12.4. The fourth-order valence-electron chi connectivity index (χ4n) is 4.84. The Bertz CT molecular complexity index is 1980. The highest BCUT2D eigenvalue weighted by Gasteiger charge is 2.45. The van der Waals surface area contributed by atoms with E-state index in [9.17, 15) is 57.9 Å². The molecule has 8 atom stereocenters. The number of nitrogens with one attached hydrogen (secondary N) is 5. The molecule has 2 aromatic heterocycles. The Labute approximate surface area is 360 Å². The van der Waals surface area contributed by atoms with Crippen LogP contribution < -0.4 is 38.3 Å². The molecule has 63 heavy (non-hydrogen) atoms. The van der Waals surface area contributed by atoms with Gasteiger partial charge in [0.15, 0.2) is 17.4 Å². The number of hydrogen-bond donors (Lipinski definition) is 15. The Morgan fingerprint density at radius 2 is 1.30 bits per heavy atom. The van der Waals surface area contributed by atoms with Gasteiger partial charge in [0.25, 0.3) is 5.56 Å². The summed E-state index contributed by atoms with van der Waals surface area (Å²) < 4.78 is 21.6. The third-order valence-corrected chi connectivity index (χ3v) is 11.0. The number of nitrogens with two attached hydrogens (primary N) is 2. The molecular weight excluding hydrogens is 915 g/mol. The number of phosphoric ester groups is 1. The van der Waals surface area contributed by atoms with E-state index < -0.39 is 129 Å². The smallest absolute Gasteiger partial charge is 0.469 e. The molecule has 3 rings (SSSR count). The van der Waals surface area contributed by atoms with Gasteiger partial charge in [-0.3, -0.25) is 52.2 Å². The van der Waals surface area contributed by atoms with E-state index in [1.807, 2.05) is 0 Å². The lowest BCUT2D eigenvalue weighted by Crippen LogP contribution is -2.50. The summed E-state index contributed by atoms with van der Waals surface area (Å²) in [5, 5.41) is 64.0. The average molecular weight is 961 g/mol. The lowest BCUT2D eigenvalue weighted by molar-refractivity contribution is -0.140. The number of aromatic nitrogens is 4.